The van der Waals surface area contributed by atoms with Crippen molar-refractivity contribution in [1.82, 2.24) is 4.90 Å². The summed E-state index contributed by atoms with van der Waals surface area (Å²) in [6.07, 6.45) is 2.45. The fraction of sp³-hybridized carbons (Fsp3) is 0.476. The lowest BCUT2D eigenvalue weighted by atomic mass is 9.78. The van der Waals surface area contributed by atoms with Gasteiger partial charge in [0.25, 0.3) is 0 Å². The molecule has 2 rings (SSSR count). The van der Waals surface area contributed by atoms with E-state index >= 15 is 0 Å². The predicted molar refractivity (Wildman–Crippen MR) is 116 cm³/mol. The number of aliphatic carboxylic acids is 2. The number of carbonyl (C=O) groups is 3. The van der Waals surface area contributed by atoms with E-state index in [0.717, 1.165) is 0 Å². The molecule has 0 radical (unpaired) electrons. The number of nitrogens with zero attached hydrogens (tertiary/aromatic N) is 2. The summed E-state index contributed by atoms with van der Waals surface area (Å²) in [5, 5.41) is 19.6. The third kappa shape index (κ3) is 5.97. The van der Waals surface area contributed by atoms with Crippen LogP contribution in [0.15, 0.2) is 29.8 Å². The number of likely N-dealkylation sites (tertiary alicyclic amines) is 1. The zero-order valence-electron chi connectivity index (χ0n) is 17.0. The molecule has 0 bridgehead atoms. The molecule has 1 fully saturated rings. The van der Waals surface area contributed by atoms with Gasteiger partial charge in [-0.1, -0.05) is 30.1 Å². The molecule has 1 aliphatic rings. The van der Waals surface area contributed by atoms with Gasteiger partial charge in [-0.05, 0) is 63.5 Å². The van der Waals surface area contributed by atoms with E-state index in [9.17, 15) is 24.6 Å². The predicted octanol–water partition coefficient (Wildman–Crippen LogP) is 3.79. The largest absolute Gasteiger partial charge is 0.478 e. The van der Waals surface area contributed by atoms with Gasteiger partial charge in [-0.2, -0.15) is 0 Å². The summed E-state index contributed by atoms with van der Waals surface area (Å²) in [6.45, 7) is 3.64. The average molecular weight is 457 g/mol. The van der Waals surface area contributed by atoms with Gasteiger partial charge in [0.2, 0.25) is 5.91 Å². The van der Waals surface area contributed by atoms with Crippen molar-refractivity contribution in [3.63, 3.8) is 0 Å². The van der Waals surface area contributed by atoms with Crippen molar-refractivity contribution in [1.29, 1.82) is 0 Å². The highest BCUT2D eigenvalue weighted by atomic mass is 35.5. The Morgan fingerprint density at radius 1 is 1.20 bits per heavy atom. The Balaban J connectivity index is 2.52. The maximum Gasteiger partial charge on any atom is 0.332 e. The number of carboxylic acids is 2. The molecule has 9 heteroatoms. The van der Waals surface area contributed by atoms with Crippen LogP contribution < -0.4 is 4.90 Å². The maximum atomic E-state index is 13.7. The Kier molecular flexibility index (Phi) is 8.70. The summed E-state index contributed by atoms with van der Waals surface area (Å²) in [6, 6.07) is 4.78. The van der Waals surface area contributed by atoms with Crippen LogP contribution in [-0.2, 0) is 14.4 Å². The summed E-state index contributed by atoms with van der Waals surface area (Å²) in [7, 11) is 1.96. The van der Waals surface area contributed by atoms with Crippen LogP contribution in [0.3, 0.4) is 0 Å². The van der Waals surface area contributed by atoms with Gasteiger partial charge in [0.15, 0.2) is 0 Å². The molecule has 1 heterocycles. The zero-order valence-corrected chi connectivity index (χ0v) is 18.5. The standard InChI is InChI=1S/C21H26Cl2N2O5/c1-3-8-25(14-4-5-16(22)17(23)11-14)20(28)19(13-6-9-24(2)10-7-13)15(21(29)30)12-18(26)27/h4-5,11-13,19H,3,6-10H2,1-2H3,(H,26,27)(H,29,30)/b15-12+. The molecule has 1 aromatic carbocycles. The lowest BCUT2D eigenvalue weighted by Crippen LogP contribution is -2.45. The van der Waals surface area contributed by atoms with E-state index in [2.05, 4.69) is 4.90 Å². The number of halogens is 2. The van der Waals surface area contributed by atoms with Gasteiger partial charge in [0.1, 0.15) is 0 Å². The highest BCUT2D eigenvalue weighted by Gasteiger charge is 2.39. The SMILES string of the molecule is CCCN(C(=O)C(/C(=C\C(=O)O)C(=O)O)C1CCN(C)CC1)c1ccc(Cl)c(Cl)c1. The lowest BCUT2D eigenvalue weighted by Gasteiger charge is -2.36. The highest BCUT2D eigenvalue weighted by Crippen LogP contribution is 2.35. The summed E-state index contributed by atoms with van der Waals surface area (Å²) in [4.78, 5) is 40.5. The van der Waals surface area contributed by atoms with Crippen molar-refractivity contribution in [2.75, 3.05) is 31.6 Å². The quantitative estimate of drug-likeness (QED) is 0.577. The van der Waals surface area contributed by atoms with Gasteiger partial charge >= 0.3 is 11.9 Å². The van der Waals surface area contributed by atoms with E-state index in [1.54, 1.807) is 18.2 Å². The molecule has 164 valence electrons. The van der Waals surface area contributed by atoms with Crippen LogP contribution in [0, 0.1) is 11.8 Å². The van der Waals surface area contributed by atoms with Crippen LogP contribution in [0.4, 0.5) is 5.69 Å². The molecule has 0 saturated carbocycles. The fourth-order valence-electron chi connectivity index (χ4n) is 3.78. The molecule has 0 spiro atoms. The van der Waals surface area contributed by atoms with Crippen LogP contribution in [0.2, 0.25) is 10.0 Å². The van der Waals surface area contributed by atoms with E-state index in [4.69, 9.17) is 23.2 Å². The second-order valence-electron chi connectivity index (χ2n) is 7.45. The fourth-order valence-corrected chi connectivity index (χ4v) is 4.07. The second-order valence-corrected chi connectivity index (χ2v) is 8.26. The Hall–Kier alpha value is -2.09. The molecule has 2 N–H and O–H groups in total. The summed E-state index contributed by atoms with van der Waals surface area (Å²) < 4.78 is 0. The van der Waals surface area contributed by atoms with Gasteiger partial charge in [-0.25, -0.2) is 9.59 Å². The summed E-state index contributed by atoms with van der Waals surface area (Å²) in [5.74, 6) is -4.60. The molecule has 0 aromatic heterocycles. The minimum atomic E-state index is -1.40. The van der Waals surface area contributed by atoms with E-state index in [-0.39, 0.29) is 10.9 Å². The number of carbonyl (C=O) groups excluding carboxylic acids is 1. The monoisotopic (exact) mass is 456 g/mol. The number of carboxylic acid groups (broad SMARTS) is 2. The van der Waals surface area contributed by atoms with Crippen molar-refractivity contribution in [2.24, 2.45) is 11.8 Å². The lowest BCUT2D eigenvalue weighted by molar-refractivity contribution is -0.137. The third-order valence-electron chi connectivity index (χ3n) is 5.29. The van der Waals surface area contributed by atoms with Crippen molar-refractivity contribution in [2.45, 2.75) is 26.2 Å². The number of benzene rings is 1. The zero-order chi connectivity index (χ0) is 22.4. The smallest absolute Gasteiger partial charge is 0.332 e. The maximum absolute atomic E-state index is 13.7. The molecule has 0 aliphatic carbocycles. The van der Waals surface area contributed by atoms with Gasteiger partial charge < -0.3 is 20.0 Å². The van der Waals surface area contributed by atoms with Gasteiger partial charge in [-0.3, -0.25) is 4.79 Å². The van der Waals surface area contributed by atoms with Gasteiger partial charge in [-0.15, -0.1) is 0 Å². The number of hydrogen-bond acceptors (Lipinski definition) is 4. The Morgan fingerprint density at radius 3 is 2.33 bits per heavy atom. The van der Waals surface area contributed by atoms with E-state index in [0.29, 0.717) is 55.7 Å². The average Bonchev–Trinajstić information content (AvgIpc) is 2.68. The third-order valence-corrected chi connectivity index (χ3v) is 6.03. The number of amides is 1. The number of anilines is 1. The second kappa shape index (κ2) is 10.8. The molecule has 1 aromatic rings. The van der Waals surface area contributed by atoms with Crippen LogP contribution in [0.5, 0.6) is 0 Å². The molecule has 1 aliphatic heterocycles. The highest BCUT2D eigenvalue weighted by molar-refractivity contribution is 6.42. The van der Waals surface area contributed by atoms with Crippen LogP contribution in [0.1, 0.15) is 26.2 Å². The van der Waals surface area contributed by atoms with Crippen LogP contribution in [-0.4, -0.2) is 59.6 Å². The minimum absolute atomic E-state index is 0.276. The Morgan fingerprint density at radius 2 is 1.83 bits per heavy atom. The van der Waals surface area contributed by atoms with Crippen molar-refractivity contribution in [3.05, 3.63) is 39.9 Å². The number of hydrogen-bond donors (Lipinski definition) is 2. The molecule has 1 saturated heterocycles. The molecular weight excluding hydrogens is 431 g/mol. The minimum Gasteiger partial charge on any atom is -0.478 e. The molecule has 1 amide bonds. The Bertz CT molecular complexity index is 835. The molecule has 1 atom stereocenters. The number of rotatable bonds is 8. The first-order valence-electron chi connectivity index (χ1n) is 9.78. The van der Waals surface area contributed by atoms with Crippen LogP contribution in [0.25, 0.3) is 0 Å². The Labute approximate surface area is 185 Å². The van der Waals surface area contributed by atoms with E-state index in [1.165, 1.54) is 4.90 Å². The van der Waals surface area contributed by atoms with Crippen molar-refractivity contribution in [3.8, 4) is 0 Å². The summed E-state index contributed by atoms with van der Waals surface area (Å²) >= 11 is 12.1. The van der Waals surface area contributed by atoms with Gasteiger partial charge in [0, 0.05) is 18.3 Å². The van der Waals surface area contributed by atoms with E-state index < -0.39 is 29.3 Å². The molecule has 30 heavy (non-hydrogen) atoms. The van der Waals surface area contributed by atoms with Crippen LogP contribution >= 0.6 is 23.2 Å². The summed E-state index contributed by atoms with van der Waals surface area (Å²) in [5.41, 5.74) is 0.0949. The molecule has 1 unspecified atom stereocenters. The molecular formula is C21H26Cl2N2O5. The van der Waals surface area contributed by atoms with Crippen molar-refractivity contribution >= 4 is 46.7 Å². The normalized spacial score (nSPS) is 16.9. The molecule has 7 nitrogen and oxygen atoms in total. The first-order valence-corrected chi connectivity index (χ1v) is 10.5. The van der Waals surface area contributed by atoms with E-state index in [1.807, 2.05) is 14.0 Å². The van der Waals surface area contributed by atoms with Crippen molar-refractivity contribution < 1.29 is 24.6 Å². The number of piperidine rings is 1. The topological polar surface area (TPSA) is 98.2 Å². The first-order chi connectivity index (χ1) is 14.1. The van der Waals surface area contributed by atoms with Gasteiger partial charge in [0.05, 0.1) is 21.5 Å². The first kappa shape index (κ1) is 24.2.